The summed E-state index contributed by atoms with van der Waals surface area (Å²) in [5, 5.41) is 0. The van der Waals surface area contributed by atoms with Crippen LogP contribution in [0.4, 0.5) is 11.4 Å². The van der Waals surface area contributed by atoms with Crippen molar-refractivity contribution in [2.75, 3.05) is 29.5 Å². The first-order valence-corrected chi connectivity index (χ1v) is 8.11. The van der Waals surface area contributed by atoms with Crippen molar-refractivity contribution in [2.24, 2.45) is 0 Å². The minimum Gasteiger partial charge on any atom is -0.490 e. The summed E-state index contributed by atoms with van der Waals surface area (Å²) in [6, 6.07) is 16.3. The number of para-hydroxylation sites is 3. The molecule has 1 amide bonds. The van der Waals surface area contributed by atoms with Crippen molar-refractivity contribution in [3.63, 3.8) is 0 Å². The number of carbonyl (C=O) groups is 1. The molecule has 1 unspecified atom stereocenters. The fraction of sp³-hybridized carbons (Fsp3) is 0.316. The van der Waals surface area contributed by atoms with Crippen LogP contribution in [-0.2, 0) is 11.2 Å². The zero-order valence-electron chi connectivity index (χ0n) is 13.2. The number of hydrogen-bond donors (Lipinski definition) is 0. The molecule has 0 bridgehead atoms. The van der Waals surface area contributed by atoms with Crippen molar-refractivity contribution >= 4 is 17.3 Å². The molecule has 2 aliphatic heterocycles. The second-order valence-corrected chi connectivity index (χ2v) is 6.18. The molecule has 2 aromatic carbocycles. The van der Waals surface area contributed by atoms with E-state index < -0.39 is 0 Å². The first-order valence-electron chi connectivity index (χ1n) is 8.11. The van der Waals surface area contributed by atoms with E-state index in [1.165, 1.54) is 5.56 Å². The minimum atomic E-state index is 0.152. The monoisotopic (exact) mass is 308 g/mol. The quantitative estimate of drug-likeness (QED) is 0.855. The van der Waals surface area contributed by atoms with Crippen LogP contribution < -0.4 is 14.5 Å². The van der Waals surface area contributed by atoms with E-state index in [0.29, 0.717) is 13.2 Å². The van der Waals surface area contributed by atoms with E-state index in [9.17, 15) is 4.79 Å². The standard InChI is InChI=1S/C19H20N2O2/c1-14-12-15-6-2-3-7-16(15)21(14)19(22)13-20-10-11-23-18-9-5-4-8-17(18)20/h2-9,14H,10-13H2,1H3. The van der Waals surface area contributed by atoms with Gasteiger partial charge >= 0.3 is 0 Å². The van der Waals surface area contributed by atoms with Gasteiger partial charge in [-0.3, -0.25) is 4.79 Å². The Bertz CT molecular complexity index is 744. The van der Waals surface area contributed by atoms with E-state index in [-0.39, 0.29) is 11.9 Å². The van der Waals surface area contributed by atoms with Gasteiger partial charge in [-0.1, -0.05) is 30.3 Å². The number of amides is 1. The number of anilines is 2. The zero-order valence-corrected chi connectivity index (χ0v) is 13.2. The second-order valence-electron chi connectivity index (χ2n) is 6.18. The predicted molar refractivity (Wildman–Crippen MR) is 91.2 cm³/mol. The highest BCUT2D eigenvalue weighted by atomic mass is 16.5. The van der Waals surface area contributed by atoms with Gasteiger partial charge in [0.2, 0.25) is 5.91 Å². The summed E-state index contributed by atoms with van der Waals surface area (Å²) in [5.41, 5.74) is 3.33. The summed E-state index contributed by atoms with van der Waals surface area (Å²) in [6.07, 6.45) is 0.932. The Morgan fingerprint density at radius 1 is 1.13 bits per heavy atom. The molecule has 0 spiro atoms. The van der Waals surface area contributed by atoms with E-state index >= 15 is 0 Å². The van der Waals surface area contributed by atoms with Crippen molar-refractivity contribution in [3.05, 3.63) is 54.1 Å². The van der Waals surface area contributed by atoms with Crippen LogP contribution in [0.3, 0.4) is 0 Å². The van der Waals surface area contributed by atoms with Crippen molar-refractivity contribution < 1.29 is 9.53 Å². The number of nitrogens with zero attached hydrogens (tertiary/aromatic N) is 2. The SMILES string of the molecule is CC1Cc2ccccc2N1C(=O)CN1CCOc2ccccc21. The molecule has 0 aromatic heterocycles. The van der Waals surface area contributed by atoms with E-state index in [4.69, 9.17) is 4.74 Å². The van der Waals surface area contributed by atoms with Gasteiger partial charge < -0.3 is 14.5 Å². The summed E-state index contributed by atoms with van der Waals surface area (Å²) in [4.78, 5) is 17.0. The minimum absolute atomic E-state index is 0.152. The molecule has 1 atom stereocenters. The molecule has 2 heterocycles. The van der Waals surface area contributed by atoms with Gasteiger partial charge in [-0.25, -0.2) is 0 Å². The number of benzene rings is 2. The van der Waals surface area contributed by atoms with Crippen LogP contribution >= 0.6 is 0 Å². The topological polar surface area (TPSA) is 32.8 Å². The van der Waals surface area contributed by atoms with Gasteiger partial charge in [0, 0.05) is 11.7 Å². The maximum atomic E-state index is 12.9. The highest BCUT2D eigenvalue weighted by molar-refractivity contribution is 5.99. The summed E-state index contributed by atoms with van der Waals surface area (Å²) in [7, 11) is 0. The third-order valence-corrected chi connectivity index (χ3v) is 4.63. The van der Waals surface area contributed by atoms with Gasteiger partial charge in [-0.2, -0.15) is 0 Å². The van der Waals surface area contributed by atoms with Crippen LogP contribution in [0.15, 0.2) is 48.5 Å². The zero-order chi connectivity index (χ0) is 15.8. The molecule has 0 radical (unpaired) electrons. The largest absolute Gasteiger partial charge is 0.490 e. The Balaban J connectivity index is 1.58. The summed E-state index contributed by atoms with van der Waals surface area (Å²) < 4.78 is 5.67. The van der Waals surface area contributed by atoms with E-state index in [2.05, 4.69) is 17.9 Å². The van der Waals surface area contributed by atoms with Gasteiger partial charge in [0.25, 0.3) is 0 Å². The molecular formula is C19H20N2O2. The fourth-order valence-corrected chi connectivity index (χ4v) is 3.58. The molecule has 0 aliphatic carbocycles. The number of ether oxygens (including phenoxy) is 1. The highest BCUT2D eigenvalue weighted by Crippen LogP contribution is 2.34. The first kappa shape index (κ1) is 14.1. The highest BCUT2D eigenvalue weighted by Gasteiger charge is 2.32. The van der Waals surface area contributed by atoms with E-state index in [1.807, 2.05) is 47.4 Å². The normalized spacial score (nSPS) is 19.1. The van der Waals surface area contributed by atoms with Gasteiger partial charge in [-0.15, -0.1) is 0 Å². The Morgan fingerprint density at radius 2 is 1.87 bits per heavy atom. The van der Waals surface area contributed by atoms with Crippen molar-refractivity contribution in [1.82, 2.24) is 0 Å². The van der Waals surface area contributed by atoms with Gasteiger partial charge in [-0.05, 0) is 37.1 Å². The van der Waals surface area contributed by atoms with Crippen LogP contribution in [-0.4, -0.2) is 31.6 Å². The predicted octanol–water partition coefficient (Wildman–Crippen LogP) is 2.86. The average Bonchev–Trinajstić information content (AvgIpc) is 2.91. The van der Waals surface area contributed by atoms with Crippen molar-refractivity contribution in [1.29, 1.82) is 0 Å². The molecule has 0 N–H and O–H groups in total. The lowest BCUT2D eigenvalue weighted by atomic mass is 10.1. The maximum Gasteiger partial charge on any atom is 0.246 e. The molecule has 23 heavy (non-hydrogen) atoms. The molecule has 2 aliphatic rings. The van der Waals surface area contributed by atoms with Crippen molar-refractivity contribution in [2.45, 2.75) is 19.4 Å². The summed E-state index contributed by atoms with van der Waals surface area (Å²) in [6.45, 7) is 3.87. The molecule has 118 valence electrons. The van der Waals surface area contributed by atoms with E-state index in [0.717, 1.165) is 30.1 Å². The van der Waals surface area contributed by atoms with E-state index in [1.54, 1.807) is 0 Å². The Kier molecular flexibility index (Phi) is 3.45. The molecule has 4 nitrogen and oxygen atoms in total. The molecule has 0 fully saturated rings. The summed E-state index contributed by atoms with van der Waals surface area (Å²) >= 11 is 0. The lowest BCUT2D eigenvalue weighted by Crippen LogP contribution is -2.45. The van der Waals surface area contributed by atoms with Crippen LogP contribution in [0, 0.1) is 0 Å². The number of hydrogen-bond acceptors (Lipinski definition) is 3. The lowest BCUT2D eigenvalue weighted by molar-refractivity contribution is -0.117. The van der Waals surface area contributed by atoms with Crippen LogP contribution in [0.5, 0.6) is 5.75 Å². The maximum absolute atomic E-state index is 12.9. The smallest absolute Gasteiger partial charge is 0.246 e. The third-order valence-electron chi connectivity index (χ3n) is 4.63. The molecular weight excluding hydrogens is 288 g/mol. The van der Waals surface area contributed by atoms with Gasteiger partial charge in [0.15, 0.2) is 0 Å². The van der Waals surface area contributed by atoms with Crippen LogP contribution in [0.25, 0.3) is 0 Å². The van der Waals surface area contributed by atoms with Gasteiger partial charge in [0.1, 0.15) is 12.4 Å². The molecule has 0 saturated carbocycles. The third kappa shape index (κ3) is 2.44. The van der Waals surface area contributed by atoms with Crippen LogP contribution in [0.2, 0.25) is 0 Å². The number of fused-ring (bicyclic) bond motifs is 2. The van der Waals surface area contributed by atoms with Crippen molar-refractivity contribution in [3.8, 4) is 5.75 Å². The number of carbonyl (C=O) groups excluding carboxylic acids is 1. The summed E-state index contributed by atoms with van der Waals surface area (Å²) in [5.74, 6) is 1.01. The van der Waals surface area contributed by atoms with Crippen LogP contribution in [0.1, 0.15) is 12.5 Å². The molecule has 4 heteroatoms. The molecule has 4 rings (SSSR count). The average molecular weight is 308 g/mol. The Labute approximate surface area is 136 Å². The first-order chi connectivity index (χ1) is 11.2. The van der Waals surface area contributed by atoms with Gasteiger partial charge in [0.05, 0.1) is 18.8 Å². The fourth-order valence-electron chi connectivity index (χ4n) is 3.58. The lowest BCUT2D eigenvalue weighted by Gasteiger charge is -2.33. The second kappa shape index (κ2) is 5.61. The number of rotatable bonds is 2. The Morgan fingerprint density at radius 3 is 2.74 bits per heavy atom. The molecule has 0 saturated heterocycles. The Hall–Kier alpha value is -2.49. The molecule has 2 aromatic rings.